The minimum atomic E-state index is -0.0542. The minimum absolute atomic E-state index is 0.0542. The van der Waals surface area contributed by atoms with E-state index in [9.17, 15) is 4.79 Å². The third-order valence-electron chi connectivity index (χ3n) is 2.60. The molecule has 4 heteroatoms. The Hall–Kier alpha value is -1.45. The SMILES string of the molecule is Cc1ccc(C(=O)NCSc2ccc(Cl)cc2)cc1. The van der Waals surface area contributed by atoms with E-state index >= 15 is 0 Å². The van der Waals surface area contributed by atoms with Crippen LogP contribution < -0.4 is 5.32 Å². The van der Waals surface area contributed by atoms with Crippen molar-refractivity contribution < 1.29 is 4.79 Å². The van der Waals surface area contributed by atoms with E-state index in [4.69, 9.17) is 11.6 Å². The quantitative estimate of drug-likeness (QED) is 0.678. The van der Waals surface area contributed by atoms with Crippen molar-refractivity contribution in [3.63, 3.8) is 0 Å². The average molecular weight is 292 g/mol. The van der Waals surface area contributed by atoms with Gasteiger partial charge in [-0.15, -0.1) is 11.8 Å². The van der Waals surface area contributed by atoms with Crippen LogP contribution in [0.3, 0.4) is 0 Å². The van der Waals surface area contributed by atoms with Crippen LogP contribution in [0.25, 0.3) is 0 Å². The van der Waals surface area contributed by atoms with Gasteiger partial charge in [-0.2, -0.15) is 0 Å². The Bertz CT molecular complexity index is 551. The number of carbonyl (C=O) groups is 1. The van der Waals surface area contributed by atoms with Crippen LogP contribution in [0.1, 0.15) is 15.9 Å². The van der Waals surface area contributed by atoms with Crippen LogP contribution in [-0.4, -0.2) is 11.8 Å². The van der Waals surface area contributed by atoms with Crippen molar-refractivity contribution in [3.8, 4) is 0 Å². The van der Waals surface area contributed by atoms with Crippen LogP contribution in [-0.2, 0) is 0 Å². The Kier molecular flexibility index (Phi) is 4.88. The Morgan fingerprint density at radius 3 is 2.37 bits per heavy atom. The maximum Gasteiger partial charge on any atom is 0.251 e. The number of benzene rings is 2. The van der Waals surface area contributed by atoms with Gasteiger partial charge in [0.15, 0.2) is 0 Å². The summed E-state index contributed by atoms with van der Waals surface area (Å²) in [6.45, 7) is 2.00. The number of rotatable bonds is 4. The highest BCUT2D eigenvalue weighted by Gasteiger charge is 2.04. The van der Waals surface area contributed by atoms with Crippen molar-refractivity contribution in [2.45, 2.75) is 11.8 Å². The predicted octanol–water partition coefficient (Wildman–Crippen LogP) is 4.13. The summed E-state index contributed by atoms with van der Waals surface area (Å²) in [4.78, 5) is 12.9. The third kappa shape index (κ3) is 4.30. The van der Waals surface area contributed by atoms with Gasteiger partial charge in [0.1, 0.15) is 0 Å². The van der Waals surface area contributed by atoms with Crippen LogP contribution >= 0.6 is 23.4 Å². The second-order valence-corrected chi connectivity index (χ2v) is 5.60. The third-order valence-corrected chi connectivity index (χ3v) is 3.75. The highest BCUT2D eigenvalue weighted by atomic mass is 35.5. The highest BCUT2D eigenvalue weighted by Crippen LogP contribution is 2.19. The van der Waals surface area contributed by atoms with Gasteiger partial charge in [-0.3, -0.25) is 4.79 Å². The minimum Gasteiger partial charge on any atom is -0.343 e. The fourth-order valence-corrected chi connectivity index (χ4v) is 2.35. The summed E-state index contributed by atoms with van der Waals surface area (Å²) in [7, 11) is 0. The zero-order valence-electron chi connectivity index (χ0n) is 10.5. The van der Waals surface area contributed by atoms with Crippen LogP contribution in [0, 0.1) is 6.92 Å². The molecule has 0 saturated heterocycles. The van der Waals surface area contributed by atoms with E-state index in [-0.39, 0.29) is 5.91 Å². The lowest BCUT2D eigenvalue weighted by atomic mass is 10.1. The number of thioether (sulfide) groups is 1. The van der Waals surface area contributed by atoms with E-state index in [0.717, 1.165) is 10.5 Å². The molecule has 2 aromatic carbocycles. The molecule has 0 unspecified atom stereocenters. The second-order valence-electron chi connectivity index (χ2n) is 4.11. The number of carbonyl (C=O) groups excluding carboxylic acids is 1. The smallest absolute Gasteiger partial charge is 0.251 e. The van der Waals surface area contributed by atoms with E-state index in [2.05, 4.69) is 5.32 Å². The topological polar surface area (TPSA) is 29.1 Å². The van der Waals surface area contributed by atoms with Crippen molar-refractivity contribution in [3.05, 3.63) is 64.7 Å². The van der Waals surface area contributed by atoms with Gasteiger partial charge >= 0.3 is 0 Å². The van der Waals surface area contributed by atoms with E-state index in [0.29, 0.717) is 16.5 Å². The lowest BCUT2D eigenvalue weighted by Gasteiger charge is -2.05. The fourth-order valence-electron chi connectivity index (χ4n) is 1.52. The Morgan fingerprint density at radius 2 is 1.74 bits per heavy atom. The highest BCUT2D eigenvalue weighted by molar-refractivity contribution is 7.99. The molecule has 19 heavy (non-hydrogen) atoms. The lowest BCUT2D eigenvalue weighted by molar-refractivity contribution is 0.0961. The molecule has 0 bridgehead atoms. The molecule has 1 amide bonds. The van der Waals surface area contributed by atoms with Crippen molar-refractivity contribution in [1.29, 1.82) is 0 Å². The summed E-state index contributed by atoms with van der Waals surface area (Å²) in [5, 5.41) is 3.59. The molecule has 0 saturated carbocycles. The first-order chi connectivity index (χ1) is 9.15. The summed E-state index contributed by atoms with van der Waals surface area (Å²) < 4.78 is 0. The van der Waals surface area contributed by atoms with E-state index in [1.54, 1.807) is 11.8 Å². The molecule has 0 aromatic heterocycles. The van der Waals surface area contributed by atoms with Crippen molar-refractivity contribution in [2.75, 3.05) is 5.88 Å². The van der Waals surface area contributed by atoms with Gasteiger partial charge in [-0.05, 0) is 43.3 Å². The Labute approximate surface area is 122 Å². The summed E-state index contributed by atoms with van der Waals surface area (Å²) in [5.74, 6) is 0.482. The van der Waals surface area contributed by atoms with Crippen molar-refractivity contribution >= 4 is 29.3 Å². The maximum absolute atomic E-state index is 11.9. The maximum atomic E-state index is 11.9. The standard InChI is InChI=1S/C15H14ClNOS/c1-11-2-4-12(5-3-11)15(18)17-10-19-14-8-6-13(16)7-9-14/h2-9H,10H2,1H3,(H,17,18). The molecule has 0 radical (unpaired) electrons. The average Bonchev–Trinajstić information content (AvgIpc) is 2.41. The molecule has 0 spiro atoms. The van der Waals surface area contributed by atoms with Gasteiger partial charge < -0.3 is 5.32 Å². The molecule has 0 aliphatic rings. The summed E-state index contributed by atoms with van der Waals surface area (Å²) in [6, 6.07) is 15.1. The van der Waals surface area contributed by atoms with Crippen LogP contribution in [0.5, 0.6) is 0 Å². The van der Waals surface area contributed by atoms with E-state index in [1.165, 1.54) is 0 Å². The number of aryl methyl sites for hydroxylation is 1. The number of amides is 1. The van der Waals surface area contributed by atoms with Gasteiger partial charge in [-0.25, -0.2) is 0 Å². The molecule has 2 rings (SSSR count). The van der Waals surface area contributed by atoms with Gasteiger partial charge in [0.05, 0.1) is 5.88 Å². The summed E-state index contributed by atoms with van der Waals surface area (Å²) in [5.41, 5.74) is 1.83. The van der Waals surface area contributed by atoms with Gasteiger partial charge in [-0.1, -0.05) is 29.3 Å². The molecular formula is C15H14ClNOS. The Balaban J connectivity index is 1.84. The van der Waals surface area contributed by atoms with Crippen LogP contribution in [0.2, 0.25) is 5.02 Å². The molecule has 1 N–H and O–H groups in total. The molecule has 0 atom stereocenters. The number of halogens is 1. The fraction of sp³-hybridized carbons (Fsp3) is 0.133. The summed E-state index contributed by atoms with van der Waals surface area (Å²) in [6.07, 6.45) is 0. The normalized spacial score (nSPS) is 10.2. The molecule has 0 aliphatic carbocycles. The monoisotopic (exact) mass is 291 g/mol. The first-order valence-electron chi connectivity index (χ1n) is 5.88. The second kappa shape index (κ2) is 6.64. The molecule has 2 aromatic rings. The van der Waals surface area contributed by atoms with Crippen molar-refractivity contribution in [2.24, 2.45) is 0 Å². The molecule has 98 valence electrons. The van der Waals surface area contributed by atoms with Crippen molar-refractivity contribution in [1.82, 2.24) is 5.32 Å². The van der Waals surface area contributed by atoms with E-state index < -0.39 is 0 Å². The number of hydrogen-bond donors (Lipinski definition) is 1. The first kappa shape index (κ1) is 14.0. The number of nitrogens with one attached hydrogen (secondary N) is 1. The van der Waals surface area contributed by atoms with Gasteiger partial charge in [0, 0.05) is 15.5 Å². The molecule has 2 nitrogen and oxygen atoms in total. The van der Waals surface area contributed by atoms with E-state index in [1.807, 2.05) is 55.5 Å². The zero-order valence-corrected chi connectivity index (χ0v) is 12.1. The Morgan fingerprint density at radius 1 is 1.11 bits per heavy atom. The lowest BCUT2D eigenvalue weighted by Crippen LogP contribution is -2.22. The first-order valence-corrected chi connectivity index (χ1v) is 7.25. The van der Waals surface area contributed by atoms with Crippen LogP contribution in [0.4, 0.5) is 0 Å². The number of hydrogen-bond acceptors (Lipinski definition) is 2. The molecule has 0 aliphatic heterocycles. The molecule has 0 fully saturated rings. The molecular weight excluding hydrogens is 278 g/mol. The van der Waals surface area contributed by atoms with Gasteiger partial charge in [0.2, 0.25) is 0 Å². The molecule has 0 heterocycles. The van der Waals surface area contributed by atoms with Gasteiger partial charge in [0.25, 0.3) is 5.91 Å². The summed E-state index contributed by atoms with van der Waals surface area (Å²) >= 11 is 7.37. The van der Waals surface area contributed by atoms with Crippen LogP contribution in [0.15, 0.2) is 53.4 Å². The zero-order chi connectivity index (χ0) is 13.7. The largest absolute Gasteiger partial charge is 0.343 e. The predicted molar refractivity (Wildman–Crippen MR) is 80.8 cm³/mol.